The maximum Gasteiger partial charge on any atom is 0.222 e. The normalized spacial score (nSPS) is 25.1. The molecule has 2 atom stereocenters. The molecule has 1 aliphatic heterocycles. The Morgan fingerprint density at radius 3 is 2.50 bits per heavy atom. The third-order valence-electron chi connectivity index (χ3n) is 3.98. The minimum Gasteiger partial charge on any atom is -0.337 e. The lowest BCUT2D eigenvalue weighted by atomic mass is 9.90. The van der Waals surface area contributed by atoms with Crippen molar-refractivity contribution in [1.82, 2.24) is 4.90 Å². The zero-order valence-corrected chi connectivity index (χ0v) is 11.4. The molecule has 18 heavy (non-hydrogen) atoms. The second-order valence-electron chi connectivity index (χ2n) is 5.31. The molecule has 1 amide bonds. The highest BCUT2D eigenvalue weighted by molar-refractivity contribution is 5.77. The van der Waals surface area contributed by atoms with E-state index in [9.17, 15) is 4.79 Å². The third kappa shape index (κ3) is 2.27. The fourth-order valence-electron chi connectivity index (χ4n) is 2.97. The van der Waals surface area contributed by atoms with Crippen LogP contribution in [0.1, 0.15) is 42.0 Å². The van der Waals surface area contributed by atoms with Crippen molar-refractivity contribution in [1.29, 1.82) is 0 Å². The molecular formula is C15H22N2O. The lowest BCUT2D eigenvalue weighted by Gasteiger charge is -2.33. The van der Waals surface area contributed by atoms with E-state index < -0.39 is 0 Å². The largest absolute Gasteiger partial charge is 0.337 e. The van der Waals surface area contributed by atoms with Crippen LogP contribution >= 0.6 is 0 Å². The molecule has 3 heteroatoms. The molecule has 1 fully saturated rings. The van der Waals surface area contributed by atoms with E-state index >= 15 is 0 Å². The van der Waals surface area contributed by atoms with Crippen LogP contribution in [0.5, 0.6) is 0 Å². The summed E-state index contributed by atoms with van der Waals surface area (Å²) < 4.78 is 0. The number of aryl methyl sites for hydroxylation is 2. The number of likely N-dealkylation sites (N-methyl/N-ethyl adjacent to an activating group) is 1. The van der Waals surface area contributed by atoms with Crippen molar-refractivity contribution < 1.29 is 4.79 Å². The van der Waals surface area contributed by atoms with Gasteiger partial charge in [0.05, 0.1) is 6.04 Å². The summed E-state index contributed by atoms with van der Waals surface area (Å²) in [6.45, 7) is 4.19. The smallest absolute Gasteiger partial charge is 0.222 e. The van der Waals surface area contributed by atoms with Gasteiger partial charge in [-0.1, -0.05) is 18.2 Å². The van der Waals surface area contributed by atoms with Crippen LogP contribution in [0.4, 0.5) is 0 Å². The summed E-state index contributed by atoms with van der Waals surface area (Å²) >= 11 is 0. The number of likely N-dealkylation sites (tertiary alicyclic amines) is 1. The molecular weight excluding hydrogens is 224 g/mol. The van der Waals surface area contributed by atoms with Gasteiger partial charge in [-0.05, 0) is 43.4 Å². The highest BCUT2D eigenvalue weighted by Crippen LogP contribution is 2.32. The molecule has 1 aromatic rings. The Balaban J connectivity index is 2.48. The Hall–Kier alpha value is -1.35. The van der Waals surface area contributed by atoms with E-state index in [1.807, 2.05) is 11.9 Å². The number of rotatable bonds is 1. The summed E-state index contributed by atoms with van der Waals surface area (Å²) in [7, 11) is 1.88. The Kier molecular flexibility index (Phi) is 3.71. The van der Waals surface area contributed by atoms with Crippen molar-refractivity contribution in [2.75, 3.05) is 7.05 Å². The highest BCUT2D eigenvalue weighted by Gasteiger charge is 2.31. The van der Waals surface area contributed by atoms with E-state index in [-0.39, 0.29) is 18.0 Å². The summed E-state index contributed by atoms with van der Waals surface area (Å²) in [5.74, 6) is 0.204. The SMILES string of the molecule is Cc1cccc(C)c1C1C(N)CCCC(=O)N1C. The van der Waals surface area contributed by atoms with E-state index in [4.69, 9.17) is 5.73 Å². The van der Waals surface area contributed by atoms with Gasteiger partial charge in [-0.2, -0.15) is 0 Å². The van der Waals surface area contributed by atoms with Crippen molar-refractivity contribution >= 4 is 5.91 Å². The molecule has 1 heterocycles. The lowest BCUT2D eigenvalue weighted by molar-refractivity contribution is -0.131. The summed E-state index contributed by atoms with van der Waals surface area (Å²) in [5.41, 5.74) is 9.97. The van der Waals surface area contributed by atoms with Gasteiger partial charge >= 0.3 is 0 Å². The average molecular weight is 246 g/mol. The molecule has 0 bridgehead atoms. The Labute approximate surface area is 109 Å². The zero-order chi connectivity index (χ0) is 13.3. The van der Waals surface area contributed by atoms with E-state index in [1.54, 1.807) is 0 Å². The summed E-state index contributed by atoms with van der Waals surface area (Å²) in [4.78, 5) is 13.9. The Bertz CT molecular complexity index is 436. The lowest BCUT2D eigenvalue weighted by Crippen LogP contribution is -2.40. The van der Waals surface area contributed by atoms with Crippen LogP contribution in [-0.2, 0) is 4.79 Å². The van der Waals surface area contributed by atoms with Crippen molar-refractivity contribution in [2.24, 2.45) is 5.73 Å². The van der Waals surface area contributed by atoms with Crippen LogP contribution in [0, 0.1) is 13.8 Å². The number of carbonyl (C=O) groups is 1. The molecule has 0 aromatic heterocycles. The molecule has 98 valence electrons. The monoisotopic (exact) mass is 246 g/mol. The molecule has 1 aromatic carbocycles. The van der Waals surface area contributed by atoms with Crippen LogP contribution in [0.15, 0.2) is 18.2 Å². The van der Waals surface area contributed by atoms with Crippen molar-refractivity contribution in [3.63, 3.8) is 0 Å². The van der Waals surface area contributed by atoms with Crippen molar-refractivity contribution in [2.45, 2.75) is 45.2 Å². The molecule has 0 radical (unpaired) electrons. The zero-order valence-electron chi connectivity index (χ0n) is 11.4. The van der Waals surface area contributed by atoms with Gasteiger partial charge in [-0.3, -0.25) is 4.79 Å². The Morgan fingerprint density at radius 2 is 1.89 bits per heavy atom. The average Bonchev–Trinajstić information content (AvgIpc) is 2.43. The molecule has 1 saturated heterocycles. The first kappa shape index (κ1) is 13.1. The van der Waals surface area contributed by atoms with Gasteiger partial charge in [-0.25, -0.2) is 0 Å². The summed E-state index contributed by atoms with van der Waals surface area (Å²) in [5, 5.41) is 0. The predicted octanol–water partition coefficient (Wildman–Crippen LogP) is 2.31. The number of benzene rings is 1. The number of amides is 1. The van der Waals surface area contributed by atoms with Crippen LogP contribution in [0.25, 0.3) is 0 Å². The van der Waals surface area contributed by atoms with E-state index in [1.165, 1.54) is 16.7 Å². The molecule has 0 aliphatic carbocycles. The van der Waals surface area contributed by atoms with Gasteiger partial charge in [0.15, 0.2) is 0 Å². The minimum absolute atomic E-state index is 0.0150. The van der Waals surface area contributed by atoms with Gasteiger partial charge in [-0.15, -0.1) is 0 Å². The first-order valence-electron chi connectivity index (χ1n) is 6.59. The van der Waals surface area contributed by atoms with Crippen LogP contribution in [0.3, 0.4) is 0 Å². The standard InChI is InChI=1S/C15H22N2O/c1-10-6-4-7-11(2)14(10)15-12(16)8-5-9-13(18)17(15)3/h4,6-7,12,15H,5,8-9,16H2,1-3H3. The highest BCUT2D eigenvalue weighted by atomic mass is 16.2. The number of hydrogen-bond donors (Lipinski definition) is 1. The molecule has 0 spiro atoms. The molecule has 3 nitrogen and oxygen atoms in total. The number of carbonyl (C=O) groups excluding carboxylic acids is 1. The van der Waals surface area contributed by atoms with Gasteiger partial charge in [0, 0.05) is 19.5 Å². The van der Waals surface area contributed by atoms with Crippen LogP contribution < -0.4 is 5.73 Å². The van der Waals surface area contributed by atoms with E-state index in [0.717, 1.165) is 12.8 Å². The van der Waals surface area contributed by atoms with Crippen molar-refractivity contribution in [3.05, 3.63) is 34.9 Å². The number of nitrogens with zero attached hydrogens (tertiary/aromatic N) is 1. The van der Waals surface area contributed by atoms with Crippen molar-refractivity contribution in [3.8, 4) is 0 Å². The topological polar surface area (TPSA) is 46.3 Å². The molecule has 2 N–H and O–H groups in total. The number of nitrogens with two attached hydrogens (primary N) is 1. The molecule has 2 unspecified atom stereocenters. The molecule has 0 saturated carbocycles. The van der Waals surface area contributed by atoms with E-state index in [0.29, 0.717) is 6.42 Å². The first-order valence-corrected chi connectivity index (χ1v) is 6.59. The van der Waals surface area contributed by atoms with Gasteiger partial charge in [0.2, 0.25) is 5.91 Å². The van der Waals surface area contributed by atoms with Gasteiger partial charge < -0.3 is 10.6 Å². The van der Waals surface area contributed by atoms with E-state index in [2.05, 4.69) is 32.0 Å². The summed E-state index contributed by atoms with van der Waals surface area (Å²) in [6, 6.07) is 6.29. The van der Waals surface area contributed by atoms with Gasteiger partial charge in [0.1, 0.15) is 0 Å². The maximum atomic E-state index is 12.0. The first-order chi connectivity index (χ1) is 8.52. The van der Waals surface area contributed by atoms with Gasteiger partial charge in [0.25, 0.3) is 0 Å². The van der Waals surface area contributed by atoms with Crippen LogP contribution in [0.2, 0.25) is 0 Å². The molecule has 2 rings (SSSR count). The Morgan fingerprint density at radius 1 is 1.28 bits per heavy atom. The predicted molar refractivity (Wildman–Crippen MR) is 73.3 cm³/mol. The maximum absolute atomic E-state index is 12.0. The minimum atomic E-state index is 0.0150. The fourth-order valence-corrected chi connectivity index (χ4v) is 2.97. The van der Waals surface area contributed by atoms with Crippen LogP contribution in [-0.4, -0.2) is 23.9 Å². The molecule has 1 aliphatic rings. The third-order valence-corrected chi connectivity index (χ3v) is 3.98. The second-order valence-corrected chi connectivity index (χ2v) is 5.31. The fraction of sp³-hybridized carbons (Fsp3) is 0.533. The number of hydrogen-bond acceptors (Lipinski definition) is 2. The second kappa shape index (κ2) is 5.11. The quantitative estimate of drug-likeness (QED) is 0.826. The summed E-state index contributed by atoms with van der Waals surface area (Å²) in [6.07, 6.45) is 2.42.